The van der Waals surface area contributed by atoms with Crippen LogP contribution >= 0.6 is 0 Å². The van der Waals surface area contributed by atoms with Crippen molar-refractivity contribution >= 4 is 15.9 Å². The minimum absolute atomic E-state index is 0. The van der Waals surface area contributed by atoms with E-state index in [-0.39, 0.29) is 35.6 Å². The molecule has 6 rings (SSSR count). The normalized spacial score (nSPS) is 11.3. The van der Waals surface area contributed by atoms with Gasteiger partial charge in [-0.2, -0.15) is 35.9 Å². The van der Waals surface area contributed by atoms with Gasteiger partial charge >= 0.3 is 99.5 Å². The fourth-order valence-electron chi connectivity index (χ4n) is 5.72. The fraction of sp³-hybridized carbons (Fsp3) is 0.275. The minimum Gasteiger partial charge on any atom is -0.214 e. The maximum atomic E-state index is 3.69. The third-order valence-corrected chi connectivity index (χ3v) is 15.8. The molecule has 0 N–H and O–H groups in total. The number of aryl methyl sites for hydroxylation is 2. The Labute approximate surface area is 294 Å². The van der Waals surface area contributed by atoms with Crippen molar-refractivity contribution in [3.05, 3.63) is 149 Å². The summed E-state index contributed by atoms with van der Waals surface area (Å²) >= 11 is 1.27. The van der Waals surface area contributed by atoms with Gasteiger partial charge in [0.2, 0.25) is 0 Å². The maximum Gasteiger partial charge on any atom is -0.172 e. The van der Waals surface area contributed by atoms with Crippen molar-refractivity contribution in [3.63, 3.8) is 0 Å². The Kier molecular flexibility index (Phi) is 14.2. The maximum absolute atomic E-state index is 3.69. The number of hydrogen-bond acceptors (Lipinski definition) is 0. The van der Waals surface area contributed by atoms with Crippen molar-refractivity contribution in [1.29, 1.82) is 0 Å². The predicted octanol–water partition coefficient (Wildman–Crippen LogP) is 3.02. The molecule has 0 nitrogen and oxygen atoms in total. The van der Waals surface area contributed by atoms with E-state index in [1.54, 1.807) is 0 Å². The van der Waals surface area contributed by atoms with E-state index in [2.05, 4.69) is 140 Å². The van der Waals surface area contributed by atoms with Crippen molar-refractivity contribution in [2.75, 3.05) is 0 Å². The second-order valence-corrected chi connectivity index (χ2v) is 20.6. The Morgan fingerprint density at radius 3 is 1.57 bits per heavy atom. The Morgan fingerprint density at radius 1 is 0.659 bits per heavy atom. The first kappa shape index (κ1) is 38.1. The quantitative estimate of drug-likeness (QED) is 0.187. The van der Waals surface area contributed by atoms with Gasteiger partial charge in [0, 0.05) is 0 Å². The van der Waals surface area contributed by atoms with Crippen LogP contribution < -0.4 is 35.2 Å². The van der Waals surface area contributed by atoms with Gasteiger partial charge < -0.3 is 24.8 Å². The average Bonchev–Trinajstić information content (AvgIpc) is 3.63. The summed E-state index contributed by atoms with van der Waals surface area (Å²) < 4.78 is 0. The fourth-order valence-corrected chi connectivity index (χ4v) is 10.7. The third kappa shape index (κ3) is 9.70. The van der Waals surface area contributed by atoms with E-state index >= 15 is 0 Å². The van der Waals surface area contributed by atoms with Crippen LogP contribution in [0, 0.1) is 19.9 Å². The molecule has 1 aliphatic carbocycles. The van der Waals surface area contributed by atoms with E-state index in [9.17, 15) is 0 Å². The number of halogens is 2. The van der Waals surface area contributed by atoms with E-state index in [0.717, 1.165) is 6.42 Å². The molecule has 0 radical (unpaired) electrons. The molecule has 0 bridgehead atoms. The Morgan fingerprint density at radius 2 is 1.14 bits per heavy atom. The third-order valence-electron chi connectivity index (χ3n) is 7.76. The Hall–Kier alpha value is -2.10. The minimum atomic E-state index is -0.406. The van der Waals surface area contributed by atoms with Gasteiger partial charge in [-0.25, -0.2) is 12.1 Å². The molecule has 44 heavy (non-hydrogen) atoms. The first-order chi connectivity index (χ1) is 19.9. The molecule has 0 aromatic heterocycles. The number of fused-ring (bicyclic) bond motifs is 3. The molecular formula is C40H44Cl2HfSi-2. The summed E-state index contributed by atoms with van der Waals surface area (Å²) in [6.45, 7) is 18.2. The molecule has 4 heteroatoms. The number of benzene rings is 4. The van der Waals surface area contributed by atoms with Crippen LogP contribution in [0.1, 0.15) is 74.9 Å². The zero-order chi connectivity index (χ0) is 30.5. The molecule has 0 saturated carbocycles. The second kappa shape index (κ2) is 16.5. The second-order valence-electron chi connectivity index (χ2n) is 13.3. The summed E-state index contributed by atoms with van der Waals surface area (Å²) in [5.41, 5.74) is 11.2. The summed E-state index contributed by atoms with van der Waals surface area (Å²) in [5.74, 6) is 0. The molecule has 0 saturated heterocycles. The Balaban J connectivity index is 0.000000273. The van der Waals surface area contributed by atoms with Gasteiger partial charge in [-0.3, -0.25) is 0 Å². The largest absolute Gasteiger partial charge is 0.214 e. The molecule has 0 atom stereocenters. The van der Waals surface area contributed by atoms with Crippen LogP contribution in [0.15, 0.2) is 109 Å². The SMILES string of the molecule is Cc1[c-]c2c(cc1C(C)(C)C)-c1cc(C(C)(C)C)c(C)cc1C2.[Cl-].[Cl-].[Hf+2]=[Si](c1ccccc1)c1ccccc1.c1cc[cH-]c1. The molecule has 0 spiro atoms. The smallest absolute Gasteiger partial charge is 0.172 e. The topological polar surface area (TPSA) is 0 Å². The van der Waals surface area contributed by atoms with Crippen LogP contribution in [-0.4, -0.2) is 5.49 Å². The standard InChI is InChI=1S/C23H29.C12H10Si.C5H5.2ClH.Hf/c1-14-9-16-11-17-10-15(2)21(23(6,7)8)13-19(17)18(16)12-20(14)22(3,4)5;1-3-7-11(8-4-1)13-12-9-5-2-6-10-12;1-2-4-5-3-1;;;/h9,12-13H,11H2,1-8H3;1-10H;1-5H;2*1H;/q-1;;-1;;;+2/p-2. The molecule has 0 aliphatic heterocycles. The summed E-state index contributed by atoms with van der Waals surface area (Å²) in [4.78, 5) is 0. The van der Waals surface area contributed by atoms with Crippen molar-refractivity contribution in [2.45, 2.75) is 72.6 Å². The zero-order valence-corrected chi connectivity index (χ0v) is 33.5. The van der Waals surface area contributed by atoms with E-state index in [1.165, 1.54) is 77.9 Å². The summed E-state index contributed by atoms with van der Waals surface area (Å²) in [7, 11) is 0. The van der Waals surface area contributed by atoms with E-state index in [0.29, 0.717) is 0 Å². The first-order valence-electron chi connectivity index (χ1n) is 14.9. The van der Waals surface area contributed by atoms with Crippen LogP contribution in [-0.2, 0) is 40.3 Å². The molecule has 228 valence electrons. The van der Waals surface area contributed by atoms with Gasteiger partial charge in [0.1, 0.15) is 0 Å². The molecule has 1 aliphatic rings. The van der Waals surface area contributed by atoms with E-state index in [4.69, 9.17) is 0 Å². The van der Waals surface area contributed by atoms with E-state index < -0.39 is 5.49 Å². The molecule has 0 unspecified atom stereocenters. The van der Waals surface area contributed by atoms with Gasteiger partial charge in [0.15, 0.2) is 0 Å². The molecular weight excluding hydrogens is 758 g/mol. The van der Waals surface area contributed by atoms with Crippen LogP contribution in [0.25, 0.3) is 11.1 Å². The zero-order valence-electron chi connectivity index (χ0n) is 27.4. The van der Waals surface area contributed by atoms with Gasteiger partial charge in [-0.05, 0) is 35.4 Å². The van der Waals surface area contributed by atoms with Gasteiger partial charge in [-0.1, -0.05) is 71.6 Å². The summed E-state index contributed by atoms with van der Waals surface area (Å²) in [6, 6.07) is 42.7. The first-order valence-corrected chi connectivity index (χ1v) is 21.8. The van der Waals surface area contributed by atoms with Crippen LogP contribution in [0.2, 0.25) is 0 Å². The van der Waals surface area contributed by atoms with Crippen molar-refractivity contribution in [2.24, 2.45) is 0 Å². The number of hydrogen-bond donors (Lipinski definition) is 0. The number of rotatable bonds is 2. The monoisotopic (exact) mass is 802 g/mol. The molecule has 0 heterocycles. The van der Waals surface area contributed by atoms with Gasteiger partial charge in [-0.15, -0.1) is 16.7 Å². The van der Waals surface area contributed by atoms with Crippen molar-refractivity contribution in [3.8, 4) is 11.1 Å². The van der Waals surface area contributed by atoms with Gasteiger partial charge in [0.05, 0.1) is 0 Å². The molecule has 0 amide bonds. The Bertz CT molecular complexity index is 1500. The van der Waals surface area contributed by atoms with Crippen molar-refractivity contribution in [1.82, 2.24) is 0 Å². The summed E-state index contributed by atoms with van der Waals surface area (Å²) in [6.07, 6.45) is 1.03. The van der Waals surface area contributed by atoms with Gasteiger partial charge in [0.25, 0.3) is 0 Å². The van der Waals surface area contributed by atoms with Crippen LogP contribution in [0.4, 0.5) is 0 Å². The summed E-state index contributed by atoms with van der Waals surface area (Å²) in [5, 5.41) is 3.07. The molecule has 5 aromatic rings. The van der Waals surface area contributed by atoms with Crippen LogP contribution in [0.5, 0.6) is 0 Å². The average molecular weight is 802 g/mol. The van der Waals surface area contributed by atoms with Crippen LogP contribution in [0.3, 0.4) is 0 Å². The van der Waals surface area contributed by atoms with Crippen molar-refractivity contribution < 1.29 is 47.8 Å². The van der Waals surface area contributed by atoms with E-state index in [1.807, 2.05) is 30.3 Å². The predicted molar refractivity (Wildman–Crippen MR) is 180 cm³/mol. The molecule has 0 fully saturated rings. The molecule has 5 aromatic carbocycles.